The number of halogens is 1. The van der Waals surface area contributed by atoms with E-state index >= 15 is 0 Å². The number of aliphatic hydroxyl groups is 3. The largest absolute Gasteiger partial charge is 0.508 e. The lowest BCUT2D eigenvalue weighted by Crippen LogP contribution is -2.59. The van der Waals surface area contributed by atoms with E-state index in [0.29, 0.717) is 4.57 Å². The van der Waals surface area contributed by atoms with E-state index in [2.05, 4.69) is 4.98 Å². The molecule has 4 atom stereocenters. The van der Waals surface area contributed by atoms with Gasteiger partial charge in [0.25, 0.3) is 0 Å². The van der Waals surface area contributed by atoms with Gasteiger partial charge >= 0.3 is 5.69 Å². The van der Waals surface area contributed by atoms with Crippen molar-refractivity contribution < 1.29 is 34.8 Å². The number of nitrogens with two attached hydrogens (primary N) is 1. The molecule has 0 amide bonds. The third kappa shape index (κ3) is 3.64. The van der Waals surface area contributed by atoms with E-state index in [9.17, 15) is 34.8 Å². The molecule has 2 heterocycles. The molecule has 2 aromatic rings. The van der Waals surface area contributed by atoms with Crippen LogP contribution >= 0.6 is 0 Å². The van der Waals surface area contributed by atoms with Crippen molar-refractivity contribution in [1.82, 2.24) is 14.6 Å². The van der Waals surface area contributed by atoms with E-state index in [-0.39, 0.29) is 34.2 Å². The van der Waals surface area contributed by atoms with Gasteiger partial charge in [-0.25, -0.2) is 14.3 Å². The van der Waals surface area contributed by atoms with Crippen LogP contribution in [0.3, 0.4) is 0 Å². The number of phenols is 1. The number of hydroxylamine groups is 2. The average molecular weight is 426 g/mol. The number of ether oxygens (including phenoxy) is 1. The highest BCUT2D eigenvalue weighted by molar-refractivity contribution is 5.39. The number of hydrogen-bond donors (Lipinski definition) is 6. The second-order valence-electron chi connectivity index (χ2n) is 6.88. The van der Waals surface area contributed by atoms with Crippen LogP contribution < -0.4 is 11.4 Å². The number of alkyl halides is 1. The smallest absolute Gasteiger partial charge is 0.351 e. The highest BCUT2D eigenvalue weighted by Gasteiger charge is 2.60. The van der Waals surface area contributed by atoms with Crippen molar-refractivity contribution in [3.63, 3.8) is 0 Å². The van der Waals surface area contributed by atoms with Crippen LogP contribution in [0.5, 0.6) is 5.75 Å². The van der Waals surface area contributed by atoms with Crippen molar-refractivity contribution >= 4 is 5.82 Å². The molecule has 1 aliphatic heterocycles. The van der Waals surface area contributed by atoms with Gasteiger partial charge in [0.2, 0.25) is 5.72 Å². The summed E-state index contributed by atoms with van der Waals surface area (Å²) in [6, 6.07) is 5.95. The SMILES string of the molecule is Nc1c(CCF)cnc(=O)n1C1O[C@H](CO)[C@@H](O)[C@]1(O)N(O)Cc1ccccc1O. The lowest BCUT2D eigenvalue weighted by Gasteiger charge is -2.38. The molecule has 7 N–H and O–H groups in total. The Morgan fingerprint density at radius 1 is 1.33 bits per heavy atom. The first-order valence-electron chi connectivity index (χ1n) is 9.07. The molecule has 1 aliphatic rings. The van der Waals surface area contributed by atoms with Gasteiger partial charge < -0.3 is 36.1 Å². The summed E-state index contributed by atoms with van der Waals surface area (Å²) in [5, 5.41) is 52.2. The lowest BCUT2D eigenvalue weighted by molar-refractivity contribution is -0.318. The van der Waals surface area contributed by atoms with Crippen molar-refractivity contribution in [2.75, 3.05) is 19.0 Å². The molecule has 164 valence electrons. The molecular weight excluding hydrogens is 403 g/mol. The van der Waals surface area contributed by atoms with Gasteiger partial charge in [0.15, 0.2) is 6.23 Å². The van der Waals surface area contributed by atoms with Crippen LogP contribution in [0.15, 0.2) is 35.3 Å². The maximum atomic E-state index is 12.8. The van der Waals surface area contributed by atoms with Gasteiger partial charge in [0.1, 0.15) is 23.8 Å². The fraction of sp³-hybridized carbons (Fsp3) is 0.444. The first-order chi connectivity index (χ1) is 14.2. The molecule has 1 aromatic heterocycles. The Kier molecular flexibility index (Phi) is 6.36. The van der Waals surface area contributed by atoms with Crippen LogP contribution in [0.4, 0.5) is 10.2 Å². The summed E-state index contributed by atoms with van der Waals surface area (Å²) in [6.07, 6.45) is -4.17. The minimum atomic E-state index is -2.68. The highest BCUT2D eigenvalue weighted by Crippen LogP contribution is 2.41. The Labute approximate surface area is 170 Å². The van der Waals surface area contributed by atoms with E-state index in [1.165, 1.54) is 12.1 Å². The molecule has 12 heteroatoms. The quantitative estimate of drug-likeness (QED) is 0.235. The average Bonchev–Trinajstić information content (AvgIpc) is 2.98. The molecule has 0 bridgehead atoms. The summed E-state index contributed by atoms with van der Waals surface area (Å²) in [4.78, 5) is 16.0. The van der Waals surface area contributed by atoms with Gasteiger partial charge in [-0.05, 0) is 6.07 Å². The van der Waals surface area contributed by atoms with E-state index in [1.54, 1.807) is 12.1 Å². The fourth-order valence-electron chi connectivity index (χ4n) is 3.41. The van der Waals surface area contributed by atoms with Gasteiger partial charge in [-0.1, -0.05) is 18.2 Å². The Bertz CT molecular complexity index is 958. The third-order valence-corrected chi connectivity index (χ3v) is 5.08. The van der Waals surface area contributed by atoms with Gasteiger partial charge in [-0.3, -0.25) is 4.39 Å². The van der Waals surface area contributed by atoms with Gasteiger partial charge in [-0.15, -0.1) is 5.06 Å². The topological polar surface area (TPSA) is 175 Å². The standard InChI is InChI=1S/C18H23FN4O7/c19-6-5-10-7-21-17(27)23(15(10)20)16-18(28,14(26)13(9-24)30-16)22(29)8-11-3-1-2-4-12(11)25/h1-4,7,13-14,16,24-26,28-29H,5-6,8-9,20H2/t13-,14-,16?,18-/m1/s1. The van der Waals surface area contributed by atoms with Crippen LogP contribution in [0.1, 0.15) is 17.4 Å². The second kappa shape index (κ2) is 8.63. The summed E-state index contributed by atoms with van der Waals surface area (Å²) in [7, 11) is 0. The molecule has 0 aliphatic carbocycles. The monoisotopic (exact) mass is 426 g/mol. The molecule has 1 aromatic carbocycles. The van der Waals surface area contributed by atoms with E-state index in [1.807, 2.05) is 0 Å². The number of anilines is 1. The number of nitrogens with zero attached hydrogens (tertiary/aromatic N) is 3. The maximum Gasteiger partial charge on any atom is 0.351 e. The number of aryl methyl sites for hydroxylation is 1. The zero-order chi connectivity index (χ0) is 22.1. The molecule has 11 nitrogen and oxygen atoms in total. The summed E-state index contributed by atoms with van der Waals surface area (Å²) in [5.41, 5.74) is 2.64. The molecular formula is C18H23FN4O7. The minimum absolute atomic E-state index is 0.148. The van der Waals surface area contributed by atoms with Crippen molar-refractivity contribution in [1.29, 1.82) is 0 Å². The van der Waals surface area contributed by atoms with E-state index < -0.39 is 49.7 Å². The number of para-hydroxylation sites is 1. The summed E-state index contributed by atoms with van der Waals surface area (Å²) in [6.45, 7) is -2.03. The van der Waals surface area contributed by atoms with Crippen molar-refractivity contribution in [3.05, 3.63) is 52.1 Å². The Morgan fingerprint density at radius 2 is 2.03 bits per heavy atom. The van der Waals surface area contributed by atoms with Crippen LogP contribution in [0.2, 0.25) is 0 Å². The zero-order valence-corrected chi connectivity index (χ0v) is 15.8. The van der Waals surface area contributed by atoms with Crippen molar-refractivity contribution in [2.45, 2.75) is 37.1 Å². The molecule has 30 heavy (non-hydrogen) atoms. The molecule has 1 unspecified atom stereocenters. The lowest BCUT2D eigenvalue weighted by atomic mass is 10.0. The number of benzene rings is 1. The number of rotatable bonds is 7. The number of aliphatic hydroxyl groups excluding tert-OH is 2. The summed E-state index contributed by atoms with van der Waals surface area (Å²) >= 11 is 0. The molecule has 3 rings (SSSR count). The van der Waals surface area contributed by atoms with E-state index in [4.69, 9.17) is 10.5 Å². The second-order valence-corrected chi connectivity index (χ2v) is 6.88. The molecule has 1 fully saturated rings. The summed E-state index contributed by atoms with van der Waals surface area (Å²) < 4.78 is 18.9. The highest BCUT2D eigenvalue weighted by atomic mass is 19.1. The number of nitrogen functional groups attached to an aromatic ring is 1. The molecule has 0 saturated carbocycles. The first kappa shape index (κ1) is 22.1. The van der Waals surface area contributed by atoms with E-state index in [0.717, 1.165) is 6.20 Å². The summed E-state index contributed by atoms with van der Waals surface area (Å²) in [5.74, 6) is -0.468. The predicted octanol–water partition coefficient (Wildman–Crippen LogP) is -1.13. The molecule has 1 saturated heterocycles. The van der Waals surface area contributed by atoms with Crippen LogP contribution in [0, 0.1) is 0 Å². The van der Waals surface area contributed by atoms with Crippen LogP contribution in [-0.4, -0.2) is 71.5 Å². The van der Waals surface area contributed by atoms with Crippen molar-refractivity contribution in [3.8, 4) is 5.75 Å². The fourth-order valence-corrected chi connectivity index (χ4v) is 3.41. The Morgan fingerprint density at radius 3 is 2.67 bits per heavy atom. The number of hydrogen-bond acceptors (Lipinski definition) is 10. The first-order valence-corrected chi connectivity index (χ1v) is 9.07. The molecule has 0 radical (unpaired) electrons. The predicted molar refractivity (Wildman–Crippen MR) is 100.0 cm³/mol. The van der Waals surface area contributed by atoms with Crippen LogP contribution in [0.25, 0.3) is 0 Å². The Hall–Kier alpha value is -2.61. The number of aromatic nitrogens is 2. The zero-order valence-electron chi connectivity index (χ0n) is 15.8. The van der Waals surface area contributed by atoms with Gasteiger partial charge in [0.05, 0.1) is 19.8 Å². The van der Waals surface area contributed by atoms with Gasteiger partial charge in [-0.2, -0.15) is 0 Å². The molecule has 0 spiro atoms. The minimum Gasteiger partial charge on any atom is -0.508 e. The normalized spacial score (nSPS) is 26.4. The Balaban J connectivity index is 2.08. The van der Waals surface area contributed by atoms with Gasteiger partial charge in [0, 0.05) is 23.7 Å². The van der Waals surface area contributed by atoms with Crippen LogP contribution in [-0.2, 0) is 17.7 Å². The maximum absolute atomic E-state index is 12.8. The number of phenolic OH excluding ortho intramolecular Hbond substituents is 1. The van der Waals surface area contributed by atoms with Crippen molar-refractivity contribution in [2.24, 2.45) is 0 Å². The number of aromatic hydroxyl groups is 1. The third-order valence-electron chi connectivity index (χ3n) is 5.08.